The van der Waals surface area contributed by atoms with Crippen LogP contribution in [0.1, 0.15) is 31.2 Å². The number of hydrogen-bond acceptors (Lipinski definition) is 6. The van der Waals surface area contributed by atoms with Gasteiger partial charge in [0.05, 0.1) is 17.3 Å². The molecule has 0 saturated heterocycles. The lowest BCUT2D eigenvalue weighted by Crippen LogP contribution is -2.46. The van der Waals surface area contributed by atoms with E-state index in [9.17, 15) is 13.2 Å². The molecule has 2 aliphatic rings. The molecule has 1 fully saturated rings. The average Bonchev–Trinajstić information content (AvgIpc) is 2.78. The van der Waals surface area contributed by atoms with Crippen molar-refractivity contribution in [1.29, 1.82) is 0 Å². The largest absolute Gasteiger partial charge is 0.351 e. The van der Waals surface area contributed by atoms with Crippen LogP contribution in [-0.2, 0) is 16.8 Å². The van der Waals surface area contributed by atoms with Crippen LogP contribution in [0.25, 0.3) is 0 Å². The Balaban J connectivity index is 1.42. The Morgan fingerprint density at radius 2 is 1.79 bits per heavy atom. The summed E-state index contributed by atoms with van der Waals surface area (Å²) in [7, 11) is 1.27. The van der Waals surface area contributed by atoms with Gasteiger partial charge in [0.1, 0.15) is 5.82 Å². The Morgan fingerprint density at radius 1 is 1.12 bits per heavy atom. The first-order valence-corrected chi connectivity index (χ1v) is 12.6. The Kier molecular flexibility index (Phi) is 6.76. The van der Waals surface area contributed by atoms with Crippen LogP contribution in [0.2, 0.25) is 5.02 Å². The van der Waals surface area contributed by atoms with E-state index in [0.29, 0.717) is 29.0 Å². The molecule has 1 aliphatic carbocycles. The van der Waals surface area contributed by atoms with E-state index in [0.717, 1.165) is 31.2 Å². The lowest BCUT2D eigenvalue weighted by atomic mass is 9.92. The van der Waals surface area contributed by atoms with Crippen LogP contribution in [-0.4, -0.2) is 61.9 Å². The molecule has 1 aliphatic heterocycles. The highest BCUT2D eigenvalue weighted by Crippen LogP contribution is 2.33. The maximum atomic E-state index is 13.0. The molecule has 1 saturated carbocycles. The zero-order valence-corrected chi connectivity index (χ0v) is 20.4. The summed E-state index contributed by atoms with van der Waals surface area (Å²) in [5.41, 5.74) is 1.47. The van der Waals surface area contributed by atoms with Crippen LogP contribution in [0.4, 0.5) is 22.2 Å². The summed E-state index contributed by atoms with van der Waals surface area (Å²) >= 11 is 6.30. The highest BCUT2D eigenvalue weighted by atomic mass is 35.5. The molecule has 178 valence electrons. The summed E-state index contributed by atoms with van der Waals surface area (Å²) in [6.45, 7) is 0.333. The van der Waals surface area contributed by atoms with Crippen LogP contribution < -0.4 is 19.8 Å². The van der Waals surface area contributed by atoms with E-state index in [1.165, 1.54) is 23.3 Å². The summed E-state index contributed by atoms with van der Waals surface area (Å²) in [4.78, 5) is 25.2. The van der Waals surface area contributed by atoms with E-state index >= 15 is 0 Å². The summed E-state index contributed by atoms with van der Waals surface area (Å²) in [5, 5.41) is 3.85. The minimum absolute atomic E-state index is 0.0838. The van der Waals surface area contributed by atoms with Crippen LogP contribution in [0.3, 0.4) is 0 Å². The van der Waals surface area contributed by atoms with Crippen molar-refractivity contribution in [1.82, 2.24) is 19.0 Å². The number of rotatable bonds is 6. The predicted octanol–water partition coefficient (Wildman–Crippen LogP) is 2.83. The number of amides is 2. The Hall–Kier alpha value is -2.47. The van der Waals surface area contributed by atoms with Crippen LogP contribution in [0.5, 0.6) is 0 Å². The molecular weight excluding hydrogens is 466 g/mol. The number of aromatic nitrogens is 2. The summed E-state index contributed by atoms with van der Waals surface area (Å²) in [6.07, 6.45) is 4.75. The third-order valence-corrected chi connectivity index (χ3v) is 7.92. The lowest BCUT2D eigenvalue weighted by Gasteiger charge is -2.35. The van der Waals surface area contributed by atoms with Crippen LogP contribution in [0.15, 0.2) is 30.5 Å². The van der Waals surface area contributed by atoms with Crippen molar-refractivity contribution >= 4 is 45.3 Å². The molecule has 12 heteroatoms. The van der Waals surface area contributed by atoms with Crippen molar-refractivity contribution in [3.05, 3.63) is 41.0 Å². The third kappa shape index (κ3) is 5.06. The number of fused-ring (bicyclic) bond motifs is 1. The number of anilines is 3. The zero-order chi connectivity index (χ0) is 23.8. The molecule has 2 amide bonds. The second-order valence-electron chi connectivity index (χ2n) is 8.52. The number of carbonyl (C=O) groups is 1. The number of benzene rings is 1. The minimum atomic E-state index is -3.43. The molecule has 2 N–H and O–H groups in total. The zero-order valence-electron chi connectivity index (χ0n) is 18.8. The van der Waals surface area contributed by atoms with Crippen molar-refractivity contribution in [3.8, 4) is 0 Å². The molecule has 0 bridgehead atoms. The van der Waals surface area contributed by atoms with Crippen molar-refractivity contribution < 1.29 is 13.2 Å². The first-order valence-electron chi connectivity index (χ1n) is 10.8. The molecule has 2 heterocycles. The SMILES string of the molecule is CN1C(=O)N(c2ccccc2Cl)Cc2cnc(N[C@H]3CC[C@H](NS(=O)(=O)N(C)C)CC3)nc21. The summed E-state index contributed by atoms with van der Waals surface area (Å²) in [6, 6.07) is 7.06. The Labute approximate surface area is 199 Å². The van der Waals surface area contributed by atoms with Gasteiger partial charge in [-0.25, -0.2) is 9.78 Å². The number of para-hydroxylation sites is 1. The standard InChI is InChI=1S/C21H28ClN7O3S/c1-27(2)33(31,32)26-16-10-8-15(9-11-16)24-20-23-12-14-13-29(18-7-5-4-6-17(18)22)21(30)28(3)19(14)25-20/h4-7,12,15-16,26H,8-11,13H2,1-3H3,(H,23,24,25)/t15-,16-. The Morgan fingerprint density at radius 3 is 2.45 bits per heavy atom. The van der Waals surface area contributed by atoms with E-state index in [-0.39, 0.29) is 18.1 Å². The van der Waals surface area contributed by atoms with Gasteiger partial charge in [-0.3, -0.25) is 9.80 Å². The van der Waals surface area contributed by atoms with E-state index in [2.05, 4.69) is 20.0 Å². The number of halogens is 1. The quantitative estimate of drug-likeness (QED) is 0.640. The van der Waals surface area contributed by atoms with Crippen LogP contribution in [0, 0.1) is 0 Å². The molecular formula is C21H28ClN7O3S. The normalized spacial score (nSPS) is 21.3. The van der Waals surface area contributed by atoms with Crippen molar-refractivity contribution in [2.45, 2.75) is 44.3 Å². The second-order valence-corrected chi connectivity index (χ2v) is 10.8. The molecule has 4 rings (SSSR count). The van der Waals surface area contributed by atoms with Crippen LogP contribution >= 0.6 is 11.6 Å². The lowest BCUT2D eigenvalue weighted by molar-refractivity contribution is 0.251. The maximum Gasteiger partial charge on any atom is 0.330 e. The fourth-order valence-corrected chi connectivity index (χ4v) is 5.20. The molecule has 1 aromatic carbocycles. The smallest absolute Gasteiger partial charge is 0.330 e. The monoisotopic (exact) mass is 493 g/mol. The average molecular weight is 494 g/mol. The fraction of sp³-hybridized carbons (Fsp3) is 0.476. The Bertz CT molecular complexity index is 1140. The van der Waals surface area contributed by atoms with Crippen molar-refractivity contribution in [2.24, 2.45) is 0 Å². The third-order valence-electron chi connectivity index (χ3n) is 6.01. The van der Waals surface area contributed by atoms with Gasteiger partial charge in [0.25, 0.3) is 10.2 Å². The summed E-state index contributed by atoms with van der Waals surface area (Å²) < 4.78 is 28.0. The van der Waals surface area contributed by atoms with Gasteiger partial charge in [-0.1, -0.05) is 23.7 Å². The minimum Gasteiger partial charge on any atom is -0.351 e. The number of carbonyl (C=O) groups excluding carboxylic acids is 1. The number of nitrogens with one attached hydrogen (secondary N) is 2. The van der Waals surface area contributed by atoms with E-state index < -0.39 is 10.2 Å². The van der Waals surface area contributed by atoms with Gasteiger partial charge < -0.3 is 5.32 Å². The van der Waals surface area contributed by atoms with E-state index in [1.807, 2.05) is 18.2 Å². The molecule has 0 radical (unpaired) electrons. The number of nitrogens with zero attached hydrogens (tertiary/aromatic N) is 5. The molecule has 0 atom stereocenters. The second kappa shape index (κ2) is 9.41. The van der Waals surface area contributed by atoms with Gasteiger partial charge in [0.2, 0.25) is 5.95 Å². The van der Waals surface area contributed by atoms with Gasteiger partial charge >= 0.3 is 6.03 Å². The topological polar surface area (TPSA) is 111 Å². The molecule has 10 nitrogen and oxygen atoms in total. The van der Waals surface area contributed by atoms with Crippen molar-refractivity contribution in [3.63, 3.8) is 0 Å². The fourth-order valence-electron chi connectivity index (χ4n) is 4.09. The highest BCUT2D eigenvalue weighted by molar-refractivity contribution is 7.87. The molecule has 33 heavy (non-hydrogen) atoms. The van der Waals surface area contributed by atoms with Gasteiger partial charge in [0, 0.05) is 45.0 Å². The molecule has 2 aromatic rings. The highest BCUT2D eigenvalue weighted by Gasteiger charge is 2.32. The van der Waals surface area contributed by atoms with E-state index in [4.69, 9.17) is 11.6 Å². The first kappa shape index (κ1) is 23.7. The summed E-state index contributed by atoms with van der Waals surface area (Å²) in [5.74, 6) is 1.02. The molecule has 0 unspecified atom stereocenters. The predicted molar refractivity (Wildman–Crippen MR) is 129 cm³/mol. The molecule has 1 aromatic heterocycles. The maximum absolute atomic E-state index is 13.0. The van der Waals surface area contributed by atoms with Gasteiger partial charge in [-0.2, -0.15) is 22.4 Å². The number of hydrogen-bond donors (Lipinski definition) is 2. The van der Waals surface area contributed by atoms with Gasteiger partial charge in [0.15, 0.2) is 0 Å². The first-order chi connectivity index (χ1) is 15.7. The molecule has 0 spiro atoms. The number of urea groups is 1. The van der Waals surface area contributed by atoms with Crippen molar-refractivity contribution in [2.75, 3.05) is 36.3 Å². The van der Waals surface area contributed by atoms with Gasteiger partial charge in [-0.15, -0.1) is 0 Å². The van der Waals surface area contributed by atoms with E-state index in [1.54, 1.807) is 24.2 Å². The van der Waals surface area contributed by atoms with Gasteiger partial charge in [-0.05, 0) is 37.8 Å².